The highest BCUT2D eigenvalue weighted by Gasteiger charge is 1.99. The summed E-state index contributed by atoms with van der Waals surface area (Å²) in [5, 5.41) is 9.02. The van der Waals surface area contributed by atoms with Gasteiger partial charge in [0.1, 0.15) is 5.15 Å². The van der Waals surface area contributed by atoms with E-state index in [1.54, 1.807) is 6.07 Å². The van der Waals surface area contributed by atoms with E-state index in [-0.39, 0.29) is 6.61 Å². The van der Waals surface area contributed by atoms with Crippen molar-refractivity contribution in [3.8, 4) is 0 Å². The summed E-state index contributed by atoms with van der Waals surface area (Å²) in [6.07, 6.45) is 2.02. The van der Waals surface area contributed by atoms with Crippen LogP contribution in [0, 0.1) is 0 Å². The second-order valence-electron chi connectivity index (χ2n) is 2.18. The predicted octanol–water partition coefficient (Wildman–Crippen LogP) is 0.852. The molecule has 0 radical (unpaired) electrons. The van der Waals surface area contributed by atoms with E-state index < -0.39 is 0 Å². The Morgan fingerprint density at radius 1 is 1.64 bits per heavy atom. The number of aliphatic hydroxyl groups excluding tert-OH is 1. The molecule has 0 aliphatic carbocycles. The van der Waals surface area contributed by atoms with Gasteiger partial charge in [-0.1, -0.05) is 11.6 Å². The summed E-state index contributed by atoms with van der Waals surface area (Å²) in [5.41, 5.74) is 6.96. The SMILES string of the molecule is Nc1cnc(Cl)cc1CCO. The van der Waals surface area contributed by atoms with Gasteiger partial charge in [0, 0.05) is 6.61 Å². The molecule has 0 saturated carbocycles. The van der Waals surface area contributed by atoms with Gasteiger partial charge in [-0.15, -0.1) is 0 Å². The van der Waals surface area contributed by atoms with E-state index in [4.69, 9.17) is 22.4 Å². The van der Waals surface area contributed by atoms with Crippen molar-refractivity contribution < 1.29 is 5.11 Å². The van der Waals surface area contributed by atoms with Crippen molar-refractivity contribution in [2.24, 2.45) is 0 Å². The van der Waals surface area contributed by atoms with E-state index in [2.05, 4.69) is 4.98 Å². The first-order chi connectivity index (χ1) is 5.24. The predicted molar refractivity (Wildman–Crippen MR) is 44.4 cm³/mol. The van der Waals surface area contributed by atoms with E-state index in [1.165, 1.54) is 6.20 Å². The number of nitrogen functional groups attached to an aromatic ring is 1. The van der Waals surface area contributed by atoms with Gasteiger partial charge < -0.3 is 10.8 Å². The Kier molecular flexibility index (Phi) is 2.68. The molecule has 60 valence electrons. The standard InChI is InChI=1S/C7H9ClN2O/c8-7-3-5(1-2-11)6(9)4-10-7/h3-4,11H,1-2,9H2. The molecule has 0 aliphatic heterocycles. The fourth-order valence-corrected chi connectivity index (χ4v) is 0.996. The van der Waals surface area contributed by atoms with Gasteiger partial charge in [0.2, 0.25) is 0 Å². The van der Waals surface area contributed by atoms with Crippen LogP contribution in [-0.2, 0) is 6.42 Å². The van der Waals surface area contributed by atoms with Gasteiger partial charge in [-0.3, -0.25) is 0 Å². The fraction of sp³-hybridized carbons (Fsp3) is 0.286. The lowest BCUT2D eigenvalue weighted by molar-refractivity contribution is 0.300. The number of nitrogens with two attached hydrogens (primary N) is 1. The third kappa shape index (κ3) is 2.06. The maximum Gasteiger partial charge on any atom is 0.129 e. The Morgan fingerprint density at radius 2 is 2.36 bits per heavy atom. The molecule has 11 heavy (non-hydrogen) atoms. The Bertz CT molecular complexity index is 252. The van der Waals surface area contributed by atoms with E-state index in [9.17, 15) is 0 Å². The zero-order chi connectivity index (χ0) is 8.27. The van der Waals surface area contributed by atoms with Crippen LogP contribution < -0.4 is 5.73 Å². The summed E-state index contributed by atoms with van der Waals surface area (Å²) in [7, 11) is 0. The molecule has 1 aromatic rings. The molecule has 3 nitrogen and oxygen atoms in total. The quantitative estimate of drug-likeness (QED) is 0.651. The third-order valence-electron chi connectivity index (χ3n) is 1.37. The number of hydrogen-bond acceptors (Lipinski definition) is 3. The minimum Gasteiger partial charge on any atom is -0.397 e. The average molecular weight is 173 g/mol. The van der Waals surface area contributed by atoms with Gasteiger partial charge in [-0.25, -0.2) is 4.98 Å². The molecule has 0 aliphatic rings. The van der Waals surface area contributed by atoms with Gasteiger partial charge >= 0.3 is 0 Å². The molecule has 4 heteroatoms. The Morgan fingerprint density at radius 3 is 3.00 bits per heavy atom. The van der Waals surface area contributed by atoms with Crippen LogP contribution >= 0.6 is 11.6 Å². The van der Waals surface area contributed by atoms with Crippen LogP contribution in [0.2, 0.25) is 5.15 Å². The number of pyridine rings is 1. The smallest absolute Gasteiger partial charge is 0.129 e. The monoisotopic (exact) mass is 172 g/mol. The number of halogens is 1. The molecule has 0 aromatic carbocycles. The molecule has 1 aromatic heterocycles. The highest BCUT2D eigenvalue weighted by molar-refractivity contribution is 6.29. The molecule has 1 rings (SSSR count). The number of nitrogens with zero attached hydrogens (tertiary/aromatic N) is 1. The molecule has 0 fully saturated rings. The van der Waals surface area contributed by atoms with Crippen LogP contribution in [0.4, 0.5) is 5.69 Å². The van der Waals surface area contributed by atoms with Gasteiger partial charge in [0.15, 0.2) is 0 Å². The minimum absolute atomic E-state index is 0.0740. The van der Waals surface area contributed by atoms with Gasteiger partial charge in [0.25, 0.3) is 0 Å². The van der Waals surface area contributed by atoms with Crippen LogP contribution in [0.3, 0.4) is 0 Å². The average Bonchev–Trinajstić information content (AvgIpc) is 1.98. The Balaban J connectivity index is 2.93. The summed E-state index contributed by atoms with van der Waals surface area (Å²) in [5.74, 6) is 0. The van der Waals surface area contributed by atoms with Gasteiger partial charge in [-0.2, -0.15) is 0 Å². The maximum absolute atomic E-state index is 8.62. The van der Waals surface area contributed by atoms with Crippen molar-refractivity contribution in [1.29, 1.82) is 0 Å². The van der Waals surface area contributed by atoms with Crippen molar-refractivity contribution in [2.45, 2.75) is 6.42 Å². The minimum atomic E-state index is 0.0740. The van der Waals surface area contributed by atoms with Crippen molar-refractivity contribution in [3.05, 3.63) is 23.0 Å². The number of anilines is 1. The van der Waals surface area contributed by atoms with E-state index in [0.717, 1.165) is 5.56 Å². The van der Waals surface area contributed by atoms with Crippen LogP contribution in [-0.4, -0.2) is 16.7 Å². The molecule has 1 heterocycles. The van der Waals surface area contributed by atoms with Crippen molar-refractivity contribution in [3.63, 3.8) is 0 Å². The van der Waals surface area contributed by atoms with E-state index in [1.807, 2.05) is 0 Å². The van der Waals surface area contributed by atoms with Crippen molar-refractivity contribution >= 4 is 17.3 Å². The summed E-state index contributed by atoms with van der Waals surface area (Å²) in [6.45, 7) is 0.0740. The third-order valence-corrected chi connectivity index (χ3v) is 1.58. The van der Waals surface area contributed by atoms with Crippen molar-refractivity contribution in [2.75, 3.05) is 12.3 Å². The van der Waals surface area contributed by atoms with Gasteiger partial charge in [0.05, 0.1) is 11.9 Å². The summed E-state index contributed by atoms with van der Waals surface area (Å²) in [4.78, 5) is 3.78. The Hall–Kier alpha value is -0.800. The fourth-order valence-electron chi connectivity index (χ4n) is 0.815. The zero-order valence-electron chi connectivity index (χ0n) is 5.92. The number of rotatable bonds is 2. The Labute approximate surface area is 69.8 Å². The normalized spacial score (nSPS) is 10.0. The van der Waals surface area contributed by atoms with E-state index in [0.29, 0.717) is 17.3 Å². The molecular formula is C7H9ClN2O. The summed E-state index contributed by atoms with van der Waals surface area (Å²) < 4.78 is 0. The number of hydrogen-bond donors (Lipinski definition) is 2. The lowest BCUT2D eigenvalue weighted by Gasteiger charge is -2.01. The largest absolute Gasteiger partial charge is 0.397 e. The first-order valence-corrected chi connectivity index (χ1v) is 3.62. The zero-order valence-corrected chi connectivity index (χ0v) is 6.67. The van der Waals surface area contributed by atoms with Crippen LogP contribution in [0.1, 0.15) is 5.56 Å². The topological polar surface area (TPSA) is 59.1 Å². The highest BCUT2D eigenvalue weighted by Crippen LogP contribution is 2.14. The summed E-state index contributed by atoms with van der Waals surface area (Å²) >= 11 is 5.60. The lowest BCUT2D eigenvalue weighted by Crippen LogP contribution is -1.98. The van der Waals surface area contributed by atoms with Crippen LogP contribution in [0.25, 0.3) is 0 Å². The summed E-state index contributed by atoms with van der Waals surface area (Å²) in [6, 6.07) is 1.66. The maximum atomic E-state index is 8.62. The number of aromatic nitrogens is 1. The van der Waals surface area contributed by atoms with Crippen LogP contribution in [0.15, 0.2) is 12.3 Å². The molecule has 0 unspecified atom stereocenters. The lowest BCUT2D eigenvalue weighted by atomic mass is 10.2. The molecule has 0 atom stereocenters. The molecule has 0 saturated heterocycles. The first kappa shape index (κ1) is 8.30. The highest BCUT2D eigenvalue weighted by atomic mass is 35.5. The molecule has 0 spiro atoms. The number of aliphatic hydroxyl groups is 1. The second kappa shape index (κ2) is 3.55. The molecular weight excluding hydrogens is 164 g/mol. The second-order valence-corrected chi connectivity index (χ2v) is 2.57. The molecule has 0 amide bonds. The first-order valence-electron chi connectivity index (χ1n) is 3.25. The molecule has 3 N–H and O–H groups in total. The van der Waals surface area contributed by atoms with Crippen molar-refractivity contribution in [1.82, 2.24) is 4.98 Å². The van der Waals surface area contributed by atoms with Gasteiger partial charge in [-0.05, 0) is 18.1 Å². The molecule has 0 bridgehead atoms. The van der Waals surface area contributed by atoms with Crippen LogP contribution in [0.5, 0.6) is 0 Å². The van der Waals surface area contributed by atoms with E-state index >= 15 is 0 Å².